The van der Waals surface area contributed by atoms with Crippen molar-refractivity contribution in [1.29, 1.82) is 0 Å². The second kappa shape index (κ2) is 5.71. The lowest BCUT2D eigenvalue weighted by atomic mass is 9.63. The summed E-state index contributed by atoms with van der Waals surface area (Å²) in [5, 5.41) is 2.56. The second-order valence-electron chi connectivity index (χ2n) is 5.34. The van der Waals surface area contributed by atoms with Gasteiger partial charge in [0.1, 0.15) is 0 Å². The van der Waals surface area contributed by atoms with Gasteiger partial charge in [0.2, 0.25) is 5.91 Å². The van der Waals surface area contributed by atoms with Gasteiger partial charge in [0.15, 0.2) is 0 Å². The molecule has 1 aliphatic rings. The molecule has 1 aliphatic heterocycles. The fourth-order valence-corrected chi connectivity index (χ4v) is 2.29. The summed E-state index contributed by atoms with van der Waals surface area (Å²) in [5.74, 6) is -0.529. The quantitative estimate of drug-likeness (QED) is 0.871. The van der Waals surface area contributed by atoms with Gasteiger partial charge < -0.3 is 9.97 Å². The number of alkyl halides is 3. The van der Waals surface area contributed by atoms with Crippen LogP contribution in [0.4, 0.5) is 18.9 Å². The molecule has 1 aromatic carbocycles. The van der Waals surface area contributed by atoms with Gasteiger partial charge in [-0.1, -0.05) is 20.7 Å². The molecule has 114 valence electrons. The SMILES string of the molecule is CCC(C)C(=O)Nc1cc2c(c(C(F)(F)F)c1)COB2C. The van der Waals surface area contributed by atoms with Crippen LogP contribution in [-0.4, -0.2) is 12.8 Å². The number of carbonyl (C=O) groups is 1. The third-order valence-corrected chi connectivity index (χ3v) is 3.83. The van der Waals surface area contributed by atoms with Crippen LogP contribution in [0.1, 0.15) is 31.4 Å². The number of halogens is 3. The number of amides is 1. The Kier molecular flexibility index (Phi) is 4.32. The number of hydrogen-bond donors (Lipinski definition) is 1. The fourth-order valence-electron chi connectivity index (χ4n) is 2.29. The van der Waals surface area contributed by atoms with Gasteiger partial charge in [-0.3, -0.25) is 4.79 Å². The first-order chi connectivity index (χ1) is 9.74. The highest BCUT2D eigenvalue weighted by molar-refractivity contribution is 6.67. The van der Waals surface area contributed by atoms with Crippen LogP contribution < -0.4 is 10.8 Å². The summed E-state index contributed by atoms with van der Waals surface area (Å²) in [6.45, 7) is 4.84. The van der Waals surface area contributed by atoms with E-state index in [-0.39, 0.29) is 29.7 Å². The molecule has 1 atom stereocenters. The lowest BCUT2D eigenvalue weighted by Gasteiger charge is -2.16. The van der Waals surface area contributed by atoms with Crippen LogP contribution in [0.15, 0.2) is 12.1 Å². The summed E-state index contributed by atoms with van der Waals surface area (Å²) >= 11 is 0. The van der Waals surface area contributed by atoms with Crippen LogP contribution in [0.5, 0.6) is 0 Å². The molecule has 2 rings (SSSR count). The van der Waals surface area contributed by atoms with Gasteiger partial charge in [-0.25, -0.2) is 0 Å². The minimum atomic E-state index is -4.46. The molecule has 7 heteroatoms. The molecule has 0 aromatic heterocycles. The van der Waals surface area contributed by atoms with E-state index in [2.05, 4.69) is 5.32 Å². The molecule has 0 fully saturated rings. The van der Waals surface area contributed by atoms with E-state index in [1.54, 1.807) is 19.8 Å². The Bertz CT molecular complexity index is 560. The van der Waals surface area contributed by atoms with E-state index in [1.165, 1.54) is 0 Å². The van der Waals surface area contributed by atoms with Crippen molar-refractivity contribution in [1.82, 2.24) is 0 Å². The molecule has 1 heterocycles. The first-order valence-electron chi connectivity index (χ1n) is 6.90. The number of fused-ring (bicyclic) bond motifs is 1. The molecule has 0 aliphatic carbocycles. The van der Waals surface area contributed by atoms with Gasteiger partial charge in [-0.2, -0.15) is 13.2 Å². The smallest absolute Gasteiger partial charge is 0.416 e. The second-order valence-corrected chi connectivity index (χ2v) is 5.34. The zero-order valence-electron chi connectivity index (χ0n) is 12.2. The van der Waals surface area contributed by atoms with Crippen LogP contribution >= 0.6 is 0 Å². The van der Waals surface area contributed by atoms with E-state index in [0.717, 1.165) is 6.07 Å². The van der Waals surface area contributed by atoms with Gasteiger partial charge in [-0.15, -0.1) is 0 Å². The molecule has 1 aromatic rings. The lowest BCUT2D eigenvalue weighted by Crippen LogP contribution is -2.28. The Morgan fingerprint density at radius 1 is 1.48 bits per heavy atom. The predicted octanol–water partition coefficient (Wildman–Crippen LogP) is 3.05. The molecule has 1 N–H and O–H groups in total. The van der Waals surface area contributed by atoms with Gasteiger partial charge >= 0.3 is 13.1 Å². The lowest BCUT2D eigenvalue weighted by molar-refractivity contribution is -0.138. The van der Waals surface area contributed by atoms with Crippen molar-refractivity contribution in [2.75, 3.05) is 5.32 Å². The molecule has 0 saturated carbocycles. The van der Waals surface area contributed by atoms with Crippen LogP contribution in [0, 0.1) is 5.92 Å². The van der Waals surface area contributed by atoms with E-state index in [4.69, 9.17) is 4.65 Å². The highest BCUT2D eigenvalue weighted by atomic mass is 19.4. The van der Waals surface area contributed by atoms with Crippen molar-refractivity contribution in [2.24, 2.45) is 5.92 Å². The highest BCUT2D eigenvalue weighted by Gasteiger charge is 2.38. The maximum absolute atomic E-state index is 13.1. The third kappa shape index (κ3) is 3.23. The Morgan fingerprint density at radius 2 is 2.14 bits per heavy atom. The van der Waals surface area contributed by atoms with E-state index in [0.29, 0.717) is 11.9 Å². The van der Waals surface area contributed by atoms with Gasteiger partial charge in [0.05, 0.1) is 12.2 Å². The number of benzene rings is 1. The molecule has 0 spiro atoms. The van der Waals surface area contributed by atoms with Crippen LogP contribution in [-0.2, 0) is 22.2 Å². The van der Waals surface area contributed by atoms with E-state index in [9.17, 15) is 18.0 Å². The Balaban J connectivity index is 2.40. The van der Waals surface area contributed by atoms with E-state index in [1.807, 2.05) is 6.92 Å². The standard InChI is InChI=1S/C14H17BF3NO2/c1-4-8(2)13(20)19-9-5-11(14(16,17)18)10-7-21-15(3)12(10)6-9/h5-6,8H,4,7H2,1-3H3,(H,19,20). The molecule has 1 amide bonds. The maximum Gasteiger partial charge on any atom is 0.416 e. The topological polar surface area (TPSA) is 38.3 Å². The van der Waals surface area contributed by atoms with Crippen LogP contribution in [0.25, 0.3) is 0 Å². The van der Waals surface area contributed by atoms with Crippen molar-refractivity contribution < 1.29 is 22.6 Å². The number of rotatable bonds is 3. The van der Waals surface area contributed by atoms with E-state index < -0.39 is 18.7 Å². The largest absolute Gasteiger partial charge is 0.427 e. The van der Waals surface area contributed by atoms with Crippen molar-refractivity contribution in [3.63, 3.8) is 0 Å². The van der Waals surface area contributed by atoms with Crippen LogP contribution in [0.2, 0.25) is 6.82 Å². The summed E-state index contributed by atoms with van der Waals surface area (Å²) in [7, 11) is 0. The van der Waals surface area contributed by atoms with Crippen molar-refractivity contribution in [2.45, 2.75) is 39.9 Å². The first-order valence-corrected chi connectivity index (χ1v) is 6.90. The minimum absolute atomic E-state index is 0.0507. The number of nitrogens with one attached hydrogen (secondary N) is 1. The molecular formula is C14H17BF3NO2. The highest BCUT2D eigenvalue weighted by Crippen LogP contribution is 2.35. The molecule has 0 saturated heterocycles. The minimum Gasteiger partial charge on any atom is -0.427 e. The maximum atomic E-state index is 13.1. The molecule has 0 radical (unpaired) electrons. The van der Waals surface area contributed by atoms with Gasteiger partial charge in [0, 0.05) is 11.6 Å². The molecule has 0 bridgehead atoms. The normalized spacial score (nSPS) is 15.8. The summed E-state index contributed by atoms with van der Waals surface area (Å²) < 4.78 is 44.7. The van der Waals surface area contributed by atoms with E-state index >= 15 is 0 Å². The Labute approximate surface area is 122 Å². The average Bonchev–Trinajstić information content (AvgIpc) is 2.77. The number of hydrogen-bond acceptors (Lipinski definition) is 2. The average molecular weight is 299 g/mol. The summed E-state index contributed by atoms with van der Waals surface area (Å²) in [6, 6.07) is 2.56. The van der Waals surface area contributed by atoms with Crippen molar-refractivity contribution in [3.8, 4) is 0 Å². The van der Waals surface area contributed by atoms with Gasteiger partial charge in [0.25, 0.3) is 0 Å². The fraction of sp³-hybridized carbons (Fsp3) is 0.500. The summed E-state index contributed by atoms with van der Waals surface area (Å²) in [5.41, 5.74) is 0.0911. The third-order valence-electron chi connectivity index (χ3n) is 3.83. The monoisotopic (exact) mass is 299 g/mol. The number of carbonyl (C=O) groups excluding carboxylic acids is 1. The zero-order valence-corrected chi connectivity index (χ0v) is 12.2. The molecular weight excluding hydrogens is 282 g/mol. The summed E-state index contributed by atoms with van der Waals surface area (Å²) in [6.07, 6.45) is -3.84. The molecule has 21 heavy (non-hydrogen) atoms. The molecule has 3 nitrogen and oxygen atoms in total. The number of anilines is 1. The van der Waals surface area contributed by atoms with Crippen LogP contribution in [0.3, 0.4) is 0 Å². The Hall–Kier alpha value is -1.50. The molecule has 1 unspecified atom stereocenters. The van der Waals surface area contributed by atoms with Gasteiger partial charge in [-0.05, 0) is 29.6 Å². The zero-order chi connectivity index (χ0) is 15.8. The first kappa shape index (κ1) is 15.9. The van der Waals surface area contributed by atoms with Crippen molar-refractivity contribution in [3.05, 3.63) is 23.3 Å². The predicted molar refractivity (Wildman–Crippen MR) is 75.6 cm³/mol. The Morgan fingerprint density at radius 3 is 2.71 bits per heavy atom. The summed E-state index contributed by atoms with van der Waals surface area (Å²) in [4.78, 5) is 11.9. The van der Waals surface area contributed by atoms with Crippen molar-refractivity contribution >= 4 is 24.0 Å².